The molecule has 0 aromatic heterocycles. The monoisotopic (exact) mass is 232 g/mol. The Labute approximate surface area is 103 Å². The number of hydrogen-bond acceptors (Lipinski definition) is 2. The van der Waals surface area contributed by atoms with Gasteiger partial charge in [-0.1, -0.05) is 26.0 Å². The molecule has 0 amide bonds. The lowest BCUT2D eigenvalue weighted by molar-refractivity contribution is 0.304. The minimum atomic E-state index is 0.142. The van der Waals surface area contributed by atoms with E-state index >= 15 is 0 Å². The van der Waals surface area contributed by atoms with E-state index in [1.807, 2.05) is 6.07 Å². The largest absolute Gasteiger partial charge is 0.497 e. The first kappa shape index (κ1) is 12.2. The van der Waals surface area contributed by atoms with Crippen LogP contribution in [0.2, 0.25) is 0 Å². The molecule has 1 aliphatic carbocycles. The molecule has 0 fully saturated rings. The summed E-state index contributed by atoms with van der Waals surface area (Å²) in [4.78, 5) is 0. The molecule has 0 bridgehead atoms. The molecule has 2 nitrogen and oxygen atoms in total. The van der Waals surface area contributed by atoms with Crippen molar-refractivity contribution in [3.8, 4) is 5.75 Å². The van der Waals surface area contributed by atoms with Crippen molar-refractivity contribution in [2.24, 2.45) is 0 Å². The average molecular weight is 232 g/mol. The van der Waals surface area contributed by atoms with Gasteiger partial charge in [-0.3, -0.25) is 0 Å². The van der Waals surface area contributed by atoms with E-state index in [1.165, 1.54) is 16.7 Å². The molecule has 0 radical (unpaired) electrons. The molecule has 17 heavy (non-hydrogen) atoms. The zero-order chi connectivity index (χ0) is 12.5. The summed E-state index contributed by atoms with van der Waals surface area (Å²) in [6.45, 7) is 4.70. The number of allylic oxidation sites excluding steroid dienone is 1. The van der Waals surface area contributed by atoms with Crippen LogP contribution in [0.3, 0.4) is 0 Å². The molecule has 1 aromatic rings. The fraction of sp³-hybridized carbons (Fsp3) is 0.467. The smallest absolute Gasteiger partial charge is 0.119 e. The van der Waals surface area contributed by atoms with Gasteiger partial charge in [0.2, 0.25) is 0 Å². The summed E-state index contributed by atoms with van der Waals surface area (Å²) in [5, 5.41) is 9.11. The second-order valence-electron chi connectivity index (χ2n) is 5.20. The van der Waals surface area contributed by atoms with E-state index in [0.717, 1.165) is 18.6 Å². The molecule has 1 aromatic carbocycles. The molecule has 0 aliphatic heterocycles. The van der Waals surface area contributed by atoms with E-state index in [4.69, 9.17) is 9.84 Å². The van der Waals surface area contributed by atoms with Crippen molar-refractivity contribution in [1.82, 2.24) is 0 Å². The second kappa shape index (κ2) is 4.53. The Balaban J connectivity index is 2.50. The summed E-state index contributed by atoms with van der Waals surface area (Å²) in [5.41, 5.74) is 3.98. The lowest BCUT2D eigenvalue weighted by Crippen LogP contribution is -2.21. The number of methoxy groups -OCH3 is 1. The minimum absolute atomic E-state index is 0.142. The highest BCUT2D eigenvalue weighted by Gasteiger charge is 2.28. The van der Waals surface area contributed by atoms with Crippen molar-refractivity contribution in [2.75, 3.05) is 13.7 Å². The summed E-state index contributed by atoms with van der Waals surface area (Å²) in [6.07, 6.45) is 4.00. The molecule has 0 spiro atoms. The molecule has 1 N–H and O–H groups in total. The Hall–Kier alpha value is -1.28. The van der Waals surface area contributed by atoms with Gasteiger partial charge in [0, 0.05) is 6.61 Å². The molecule has 0 atom stereocenters. The van der Waals surface area contributed by atoms with E-state index in [0.29, 0.717) is 0 Å². The summed E-state index contributed by atoms with van der Waals surface area (Å²) in [7, 11) is 1.70. The van der Waals surface area contributed by atoms with Crippen molar-refractivity contribution in [2.45, 2.75) is 32.1 Å². The Morgan fingerprint density at radius 1 is 1.35 bits per heavy atom. The highest BCUT2D eigenvalue weighted by atomic mass is 16.5. The highest BCUT2D eigenvalue weighted by Crippen LogP contribution is 2.41. The molecular formula is C15H20O2. The van der Waals surface area contributed by atoms with Crippen molar-refractivity contribution < 1.29 is 9.84 Å². The average Bonchev–Trinajstić information content (AvgIpc) is 2.33. The summed E-state index contributed by atoms with van der Waals surface area (Å²) < 4.78 is 5.30. The first-order chi connectivity index (χ1) is 8.08. The topological polar surface area (TPSA) is 29.5 Å². The van der Waals surface area contributed by atoms with Gasteiger partial charge in [0.25, 0.3) is 0 Å². The number of rotatable bonds is 3. The van der Waals surface area contributed by atoms with Crippen molar-refractivity contribution >= 4 is 5.57 Å². The number of benzene rings is 1. The quantitative estimate of drug-likeness (QED) is 0.867. The maximum absolute atomic E-state index is 9.11. The molecule has 2 rings (SSSR count). The van der Waals surface area contributed by atoms with Gasteiger partial charge in [0.15, 0.2) is 0 Å². The second-order valence-corrected chi connectivity index (χ2v) is 5.20. The van der Waals surface area contributed by atoms with Crippen LogP contribution in [0.5, 0.6) is 5.75 Å². The molecule has 2 heteroatoms. The third kappa shape index (κ3) is 2.22. The Morgan fingerprint density at radius 2 is 2.12 bits per heavy atom. The van der Waals surface area contributed by atoms with Crippen LogP contribution in [-0.4, -0.2) is 18.8 Å². The standard InChI is InChI=1S/C15H20O2/c1-15(2)8-6-11(7-9-16)13-5-4-12(17-3)10-14(13)15/h4-6,10,16H,7-9H2,1-3H3. The van der Waals surface area contributed by atoms with Gasteiger partial charge >= 0.3 is 0 Å². The predicted molar refractivity (Wildman–Crippen MR) is 70.3 cm³/mol. The predicted octanol–water partition coefficient (Wildman–Crippen LogP) is 3.14. The van der Waals surface area contributed by atoms with Gasteiger partial charge in [-0.2, -0.15) is 0 Å². The summed E-state index contributed by atoms with van der Waals surface area (Å²) in [6, 6.07) is 6.22. The third-order valence-corrected chi connectivity index (χ3v) is 3.54. The van der Waals surface area contributed by atoms with Crippen molar-refractivity contribution in [3.05, 3.63) is 35.4 Å². The van der Waals surface area contributed by atoms with Crippen LogP contribution in [0.1, 0.15) is 37.8 Å². The van der Waals surface area contributed by atoms with Gasteiger partial charge in [-0.05, 0) is 47.1 Å². The number of hydrogen-bond donors (Lipinski definition) is 1. The number of aliphatic hydroxyl groups is 1. The van der Waals surface area contributed by atoms with Crippen molar-refractivity contribution in [3.63, 3.8) is 0 Å². The fourth-order valence-electron chi connectivity index (χ4n) is 2.45. The number of ether oxygens (including phenoxy) is 1. The number of aliphatic hydroxyl groups excluding tert-OH is 1. The van der Waals surface area contributed by atoms with Crippen LogP contribution in [-0.2, 0) is 5.41 Å². The molecule has 0 heterocycles. The van der Waals surface area contributed by atoms with Gasteiger partial charge in [-0.25, -0.2) is 0 Å². The summed E-state index contributed by atoms with van der Waals surface area (Å²) in [5.74, 6) is 0.905. The van der Waals surface area contributed by atoms with E-state index in [9.17, 15) is 0 Å². The zero-order valence-electron chi connectivity index (χ0n) is 10.8. The van der Waals surface area contributed by atoms with Gasteiger partial charge in [0.05, 0.1) is 7.11 Å². The Kier molecular flexibility index (Phi) is 3.25. The zero-order valence-corrected chi connectivity index (χ0v) is 10.8. The van der Waals surface area contributed by atoms with Crippen LogP contribution in [0.25, 0.3) is 5.57 Å². The van der Waals surface area contributed by atoms with E-state index in [2.05, 4.69) is 32.1 Å². The Morgan fingerprint density at radius 3 is 2.76 bits per heavy atom. The highest BCUT2D eigenvalue weighted by molar-refractivity contribution is 5.72. The summed E-state index contributed by atoms with van der Waals surface area (Å²) >= 11 is 0. The maximum Gasteiger partial charge on any atom is 0.119 e. The molecule has 0 saturated heterocycles. The fourth-order valence-corrected chi connectivity index (χ4v) is 2.45. The van der Waals surface area contributed by atoms with E-state index in [-0.39, 0.29) is 12.0 Å². The van der Waals surface area contributed by atoms with E-state index in [1.54, 1.807) is 7.11 Å². The lowest BCUT2D eigenvalue weighted by atomic mass is 9.73. The molecule has 0 unspecified atom stereocenters. The molecule has 92 valence electrons. The van der Waals surface area contributed by atoms with Gasteiger partial charge in [-0.15, -0.1) is 0 Å². The third-order valence-electron chi connectivity index (χ3n) is 3.54. The maximum atomic E-state index is 9.11. The normalized spacial score (nSPS) is 17.3. The first-order valence-electron chi connectivity index (χ1n) is 6.07. The van der Waals surface area contributed by atoms with Gasteiger partial charge in [0.1, 0.15) is 5.75 Å². The lowest BCUT2D eigenvalue weighted by Gasteiger charge is -2.32. The Bertz CT molecular complexity index is 444. The van der Waals surface area contributed by atoms with Crippen LogP contribution >= 0.6 is 0 Å². The van der Waals surface area contributed by atoms with Crippen LogP contribution in [0.4, 0.5) is 0 Å². The minimum Gasteiger partial charge on any atom is -0.497 e. The molecular weight excluding hydrogens is 212 g/mol. The first-order valence-corrected chi connectivity index (χ1v) is 6.07. The molecule has 1 aliphatic rings. The van der Waals surface area contributed by atoms with Crippen molar-refractivity contribution in [1.29, 1.82) is 0 Å². The molecule has 0 saturated carbocycles. The van der Waals surface area contributed by atoms with E-state index < -0.39 is 0 Å². The van der Waals surface area contributed by atoms with Crippen LogP contribution < -0.4 is 4.74 Å². The van der Waals surface area contributed by atoms with Crippen LogP contribution in [0.15, 0.2) is 24.3 Å². The SMILES string of the molecule is COc1ccc2c(c1)C(C)(C)CC=C2CCO. The van der Waals surface area contributed by atoms with Gasteiger partial charge < -0.3 is 9.84 Å². The number of fused-ring (bicyclic) bond motifs is 1. The van der Waals surface area contributed by atoms with Crippen LogP contribution in [0, 0.1) is 0 Å².